The maximum absolute atomic E-state index is 14.2. The lowest BCUT2D eigenvalue weighted by Crippen LogP contribution is -2.31. The highest BCUT2D eigenvalue weighted by Gasteiger charge is 2.68. The van der Waals surface area contributed by atoms with Gasteiger partial charge in [-0.3, -0.25) is 9.09 Å². The quantitative estimate of drug-likeness (QED) is 0.505. The Bertz CT molecular complexity index is 850. The SMILES string of the molecule is C=CC(=CC=CC)CC1(O)[P+](=O)OC(c2cc(OC)ccc2F)OP1(C)=O. The summed E-state index contributed by atoms with van der Waals surface area (Å²) in [4.78, 5) is 0. The molecule has 1 saturated heterocycles. The van der Waals surface area contributed by atoms with Crippen LogP contribution in [0.4, 0.5) is 4.39 Å². The Labute approximate surface area is 158 Å². The summed E-state index contributed by atoms with van der Waals surface area (Å²) in [5.74, 6) is -0.377. The van der Waals surface area contributed by atoms with E-state index in [1.54, 1.807) is 25.2 Å². The largest absolute Gasteiger partial charge is 0.557 e. The van der Waals surface area contributed by atoms with Crippen molar-refractivity contribution in [3.05, 3.63) is 66.0 Å². The van der Waals surface area contributed by atoms with Gasteiger partial charge < -0.3 is 9.84 Å². The highest BCUT2D eigenvalue weighted by atomic mass is 31.2. The van der Waals surface area contributed by atoms with Crippen LogP contribution in [0.2, 0.25) is 0 Å². The molecule has 1 aliphatic rings. The van der Waals surface area contributed by atoms with Gasteiger partial charge in [-0.1, -0.05) is 30.9 Å². The third kappa shape index (κ3) is 4.45. The van der Waals surface area contributed by atoms with Crippen LogP contribution in [0.25, 0.3) is 0 Å². The number of benzene rings is 1. The Morgan fingerprint density at radius 3 is 2.81 bits per heavy atom. The summed E-state index contributed by atoms with van der Waals surface area (Å²) in [5.41, 5.74) is 0.384. The van der Waals surface area contributed by atoms with Crippen LogP contribution in [0.1, 0.15) is 25.2 Å². The van der Waals surface area contributed by atoms with Crippen molar-refractivity contribution in [1.29, 1.82) is 0 Å². The van der Waals surface area contributed by atoms with Gasteiger partial charge in [-0.25, -0.2) is 4.39 Å². The Hall–Kier alpha value is -1.62. The smallest absolute Gasteiger partial charge is 0.497 e. The van der Waals surface area contributed by atoms with E-state index in [0.717, 1.165) is 12.7 Å². The lowest BCUT2D eigenvalue weighted by molar-refractivity contribution is -0.0255. The monoisotopic (exact) mass is 415 g/mol. The van der Waals surface area contributed by atoms with E-state index in [4.69, 9.17) is 13.8 Å². The first kappa shape index (κ1) is 21.7. The third-order valence-electron chi connectivity index (χ3n) is 4.09. The lowest BCUT2D eigenvalue weighted by Gasteiger charge is -2.31. The molecule has 0 radical (unpaired) electrons. The van der Waals surface area contributed by atoms with Gasteiger partial charge in [0.05, 0.1) is 19.1 Å². The van der Waals surface area contributed by atoms with Crippen molar-refractivity contribution in [3.63, 3.8) is 0 Å². The second-order valence-corrected chi connectivity index (χ2v) is 10.4. The maximum atomic E-state index is 14.2. The van der Waals surface area contributed by atoms with Gasteiger partial charge in [0.2, 0.25) is 6.29 Å². The fourth-order valence-electron chi connectivity index (χ4n) is 2.45. The Morgan fingerprint density at radius 1 is 1.56 bits per heavy atom. The average molecular weight is 415 g/mol. The molecule has 0 aromatic heterocycles. The Kier molecular flexibility index (Phi) is 6.90. The van der Waals surface area contributed by atoms with Crippen LogP contribution in [0.3, 0.4) is 0 Å². The van der Waals surface area contributed by atoms with Gasteiger partial charge >= 0.3 is 13.1 Å². The minimum Gasteiger partial charge on any atom is -0.497 e. The summed E-state index contributed by atoms with van der Waals surface area (Å²) in [6, 6.07) is 3.82. The zero-order valence-corrected chi connectivity index (χ0v) is 17.1. The molecule has 4 atom stereocenters. The molecule has 1 aromatic carbocycles. The number of hydrogen-bond donors (Lipinski definition) is 1. The van der Waals surface area contributed by atoms with Gasteiger partial charge in [-0.05, 0) is 35.3 Å². The second kappa shape index (κ2) is 8.59. The Morgan fingerprint density at radius 2 is 2.26 bits per heavy atom. The fourth-order valence-corrected chi connectivity index (χ4v) is 5.96. The molecule has 1 N–H and O–H groups in total. The van der Waals surface area contributed by atoms with Crippen LogP contribution in [0.15, 0.2) is 54.7 Å². The molecule has 1 fully saturated rings. The lowest BCUT2D eigenvalue weighted by atomic mass is 10.2. The number of rotatable bonds is 6. The van der Waals surface area contributed by atoms with Crippen molar-refractivity contribution in [2.45, 2.75) is 24.7 Å². The molecule has 9 heteroatoms. The molecule has 4 unspecified atom stereocenters. The third-order valence-corrected chi connectivity index (χ3v) is 8.85. The van der Waals surface area contributed by atoms with Crippen LogP contribution >= 0.6 is 15.4 Å². The molecule has 0 amide bonds. The number of halogens is 1. The first-order chi connectivity index (χ1) is 12.7. The second-order valence-electron chi connectivity index (χ2n) is 5.96. The maximum Gasteiger partial charge on any atom is 0.557 e. The van der Waals surface area contributed by atoms with E-state index in [0.29, 0.717) is 11.3 Å². The normalized spacial score (nSPS) is 30.5. The summed E-state index contributed by atoms with van der Waals surface area (Å²) in [7, 11) is -5.37. The van der Waals surface area contributed by atoms with E-state index in [1.165, 1.54) is 25.3 Å². The highest BCUT2D eigenvalue weighted by molar-refractivity contribution is 7.71. The zero-order valence-electron chi connectivity index (χ0n) is 15.3. The van der Waals surface area contributed by atoms with Crippen molar-refractivity contribution in [1.82, 2.24) is 0 Å². The molecule has 1 heterocycles. The van der Waals surface area contributed by atoms with Gasteiger partial charge in [0.15, 0.2) is 0 Å². The molecule has 0 aliphatic carbocycles. The van der Waals surface area contributed by atoms with E-state index in [2.05, 4.69) is 6.58 Å². The molecule has 0 bridgehead atoms. The van der Waals surface area contributed by atoms with Crippen molar-refractivity contribution >= 4 is 15.4 Å². The predicted octanol–water partition coefficient (Wildman–Crippen LogP) is 5.25. The predicted molar refractivity (Wildman–Crippen MR) is 102 cm³/mol. The van der Waals surface area contributed by atoms with Gasteiger partial charge in [0, 0.05) is 6.66 Å². The minimum atomic E-state index is -3.90. The standard InChI is InChI=1S/C18H22FO6P2/c1-5-7-8-13(6-2)12-18(20)26(21)24-17(25-27(18,4)22)15-11-14(23-3)9-10-16(15)19/h5-11,17,20H,2,12H2,1,3-4H3/q+1. The number of allylic oxidation sites excluding steroid dienone is 4. The molecule has 1 aliphatic heterocycles. The van der Waals surface area contributed by atoms with Gasteiger partial charge in [-0.15, -0.1) is 4.52 Å². The van der Waals surface area contributed by atoms with Gasteiger partial charge in [-0.2, -0.15) is 0 Å². The van der Waals surface area contributed by atoms with E-state index in [-0.39, 0.29) is 12.0 Å². The molecule has 2 rings (SSSR count). The molecule has 0 spiro atoms. The van der Waals surface area contributed by atoms with Crippen molar-refractivity contribution in [3.8, 4) is 5.75 Å². The Balaban J connectivity index is 2.38. The van der Waals surface area contributed by atoms with Crippen LogP contribution in [-0.4, -0.2) is 24.0 Å². The fraction of sp³-hybridized carbons (Fsp3) is 0.333. The average Bonchev–Trinajstić information content (AvgIpc) is 2.63. The van der Waals surface area contributed by atoms with Crippen molar-refractivity contribution in [2.24, 2.45) is 0 Å². The van der Waals surface area contributed by atoms with E-state index >= 15 is 0 Å². The van der Waals surface area contributed by atoms with Crippen LogP contribution < -0.4 is 4.74 Å². The van der Waals surface area contributed by atoms with E-state index in [9.17, 15) is 18.6 Å². The number of methoxy groups -OCH3 is 1. The van der Waals surface area contributed by atoms with Gasteiger partial charge in [0.1, 0.15) is 11.6 Å². The summed E-state index contributed by atoms with van der Waals surface area (Å²) in [5, 5.41) is 8.62. The molecule has 6 nitrogen and oxygen atoms in total. The van der Waals surface area contributed by atoms with Crippen LogP contribution in [-0.2, 0) is 18.2 Å². The van der Waals surface area contributed by atoms with Crippen molar-refractivity contribution in [2.75, 3.05) is 13.8 Å². The number of hydrogen-bond acceptors (Lipinski definition) is 6. The molecule has 0 saturated carbocycles. The molecular weight excluding hydrogens is 393 g/mol. The summed E-state index contributed by atoms with van der Waals surface area (Å²) >= 11 is 0. The summed E-state index contributed by atoms with van der Waals surface area (Å²) < 4.78 is 55.6. The van der Waals surface area contributed by atoms with Crippen LogP contribution in [0.5, 0.6) is 5.75 Å². The minimum absolute atomic E-state index is 0.116. The zero-order chi connectivity index (χ0) is 20.2. The molecule has 1 aromatic rings. The first-order valence-corrected chi connectivity index (χ1v) is 11.3. The van der Waals surface area contributed by atoms with Crippen LogP contribution in [0, 0.1) is 5.82 Å². The first-order valence-electron chi connectivity index (χ1n) is 8.08. The van der Waals surface area contributed by atoms with Gasteiger partial charge in [0.25, 0.3) is 7.37 Å². The van der Waals surface area contributed by atoms with E-state index < -0.39 is 32.6 Å². The van der Waals surface area contributed by atoms with E-state index in [1.807, 2.05) is 0 Å². The number of ether oxygens (including phenoxy) is 1. The summed E-state index contributed by atoms with van der Waals surface area (Å²) in [6.07, 6.45) is 4.81. The molecule has 146 valence electrons. The topological polar surface area (TPSA) is 82.1 Å². The molecule has 27 heavy (non-hydrogen) atoms. The summed E-state index contributed by atoms with van der Waals surface area (Å²) in [6.45, 7) is 6.59. The number of aliphatic hydroxyl groups is 1. The highest BCUT2D eigenvalue weighted by Crippen LogP contribution is 2.73. The van der Waals surface area contributed by atoms with Crippen molar-refractivity contribution < 1.29 is 32.4 Å². The molecular formula is C18H22FO6P2+.